The number of H-pyrrole nitrogens is 1. The van der Waals surface area contributed by atoms with Crippen molar-refractivity contribution in [1.29, 1.82) is 0 Å². The number of alkyl halides is 3. The summed E-state index contributed by atoms with van der Waals surface area (Å²) in [5.74, 6) is -0.921. The van der Waals surface area contributed by atoms with Crippen molar-refractivity contribution < 1.29 is 13.2 Å². The minimum Gasteiger partial charge on any atom is -0.338 e. The average molecular weight is 235 g/mol. The Kier molecular flexibility index (Phi) is 2.99. The van der Waals surface area contributed by atoms with Gasteiger partial charge in [-0.15, -0.1) is 5.10 Å². The highest BCUT2D eigenvalue weighted by Crippen LogP contribution is 2.26. The van der Waals surface area contributed by atoms with Crippen molar-refractivity contribution in [3.05, 3.63) is 5.82 Å². The largest absolute Gasteiger partial charge is 0.451 e. The van der Waals surface area contributed by atoms with Crippen LogP contribution in [0.5, 0.6) is 0 Å². The molecule has 90 valence electrons. The molecule has 1 saturated heterocycles. The molecular weight excluding hydrogens is 223 g/mol. The first-order valence-corrected chi connectivity index (χ1v) is 5.02. The first-order chi connectivity index (χ1) is 7.57. The lowest BCUT2D eigenvalue weighted by Gasteiger charge is -2.16. The molecule has 0 bridgehead atoms. The number of rotatable bonds is 1. The molecule has 1 aromatic heterocycles. The fraction of sp³-hybridized carbons (Fsp3) is 0.750. The molecule has 0 aliphatic carbocycles. The van der Waals surface area contributed by atoms with Gasteiger partial charge >= 0.3 is 6.18 Å². The Balaban J connectivity index is 2.11. The zero-order valence-corrected chi connectivity index (χ0v) is 8.51. The van der Waals surface area contributed by atoms with Gasteiger partial charge in [0.1, 0.15) is 0 Å². The van der Waals surface area contributed by atoms with Gasteiger partial charge in [0.25, 0.3) is 0 Å². The Morgan fingerprint density at radius 2 is 2.00 bits per heavy atom. The number of nitrogens with one attached hydrogen (secondary N) is 2. The summed E-state index contributed by atoms with van der Waals surface area (Å²) in [4.78, 5) is 5.20. The second-order valence-corrected chi connectivity index (χ2v) is 3.57. The summed E-state index contributed by atoms with van der Waals surface area (Å²) < 4.78 is 36.9. The summed E-state index contributed by atoms with van der Waals surface area (Å²) >= 11 is 0. The Hall–Kier alpha value is -1.31. The van der Waals surface area contributed by atoms with Crippen LogP contribution < -0.4 is 10.2 Å². The third kappa shape index (κ3) is 2.43. The molecule has 0 atom stereocenters. The topological polar surface area (TPSA) is 56.8 Å². The van der Waals surface area contributed by atoms with Gasteiger partial charge in [-0.1, -0.05) is 0 Å². The van der Waals surface area contributed by atoms with Crippen molar-refractivity contribution in [2.45, 2.75) is 12.6 Å². The van der Waals surface area contributed by atoms with Crippen LogP contribution >= 0.6 is 0 Å². The van der Waals surface area contributed by atoms with E-state index in [0.29, 0.717) is 13.1 Å². The number of hydrogen-bond donors (Lipinski definition) is 2. The molecule has 0 aromatic carbocycles. The quantitative estimate of drug-likeness (QED) is 0.749. The standard InChI is InChI=1S/C8H12F3N5/c9-8(10,11)6-13-7(15-14-6)16-4-1-2-12-3-5-16/h12H,1-5H2,(H,13,14,15). The number of nitrogens with zero attached hydrogens (tertiary/aromatic N) is 3. The Bertz CT molecular complexity index is 340. The van der Waals surface area contributed by atoms with E-state index in [1.54, 1.807) is 4.90 Å². The number of aromatic nitrogens is 3. The lowest BCUT2D eigenvalue weighted by molar-refractivity contribution is -0.144. The molecule has 1 aliphatic rings. The number of hydrogen-bond acceptors (Lipinski definition) is 4. The maximum atomic E-state index is 12.3. The van der Waals surface area contributed by atoms with Crippen molar-refractivity contribution in [2.24, 2.45) is 0 Å². The van der Waals surface area contributed by atoms with Gasteiger partial charge in [0.2, 0.25) is 11.8 Å². The van der Waals surface area contributed by atoms with E-state index in [9.17, 15) is 13.2 Å². The van der Waals surface area contributed by atoms with Crippen LogP contribution in [0.25, 0.3) is 0 Å². The fourth-order valence-electron chi connectivity index (χ4n) is 1.57. The molecular formula is C8H12F3N5. The number of anilines is 1. The van der Waals surface area contributed by atoms with E-state index in [0.717, 1.165) is 19.5 Å². The van der Waals surface area contributed by atoms with Gasteiger partial charge < -0.3 is 10.2 Å². The monoisotopic (exact) mass is 235 g/mol. The maximum absolute atomic E-state index is 12.3. The third-order valence-corrected chi connectivity index (χ3v) is 2.37. The van der Waals surface area contributed by atoms with Gasteiger partial charge in [-0.3, -0.25) is 5.10 Å². The molecule has 2 heterocycles. The zero-order valence-electron chi connectivity index (χ0n) is 8.51. The smallest absolute Gasteiger partial charge is 0.338 e. The van der Waals surface area contributed by atoms with E-state index >= 15 is 0 Å². The predicted octanol–water partition coefficient (Wildman–Crippen LogP) is 0.623. The van der Waals surface area contributed by atoms with Crippen LogP contribution in [0.4, 0.5) is 19.1 Å². The summed E-state index contributed by atoms with van der Waals surface area (Å²) in [5, 5.41) is 8.66. The molecule has 0 unspecified atom stereocenters. The van der Waals surface area contributed by atoms with Crippen molar-refractivity contribution in [1.82, 2.24) is 20.5 Å². The Morgan fingerprint density at radius 1 is 1.19 bits per heavy atom. The lowest BCUT2D eigenvalue weighted by atomic mass is 10.4. The van der Waals surface area contributed by atoms with Crippen LogP contribution in [0, 0.1) is 0 Å². The highest BCUT2D eigenvalue weighted by molar-refractivity contribution is 5.29. The van der Waals surface area contributed by atoms with Crippen molar-refractivity contribution in [3.63, 3.8) is 0 Å². The second kappa shape index (κ2) is 4.28. The summed E-state index contributed by atoms with van der Waals surface area (Å²) in [5.41, 5.74) is 0. The van der Waals surface area contributed by atoms with Gasteiger partial charge in [0.15, 0.2) is 0 Å². The molecule has 8 heteroatoms. The van der Waals surface area contributed by atoms with E-state index < -0.39 is 12.0 Å². The summed E-state index contributed by atoms with van der Waals surface area (Å²) in [6, 6.07) is 0. The second-order valence-electron chi connectivity index (χ2n) is 3.57. The highest BCUT2D eigenvalue weighted by atomic mass is 19.4. The van der Waals surface area contributed by atoms with Crippen molar-refractivity contribution in [3.8, 4) is 0 Å². The van der Waals surface area contributed by atoms with Gasteiger partial charge in [0, 0.05) is 19.6 Å². The summed E-state index contributed by atoms with van der Waals surface area (Å²) in [6.07, 6.45) is -3.59. The van der Waals surface area contributed by atoms with Crippen LogP contribution in [0.1, 0.15) is 12.2 Å². The van der Waals surface area contributed by atoms with Crippen molar-refractivity contribution >= 4 is 5.95 Å². The van der Waals surface area contributed by atoms with Crippen LogP contribution in [0.15, 0.2) is 0 Å². The Morgan fingerprint density at radius 3 is 2.69 bits per heavy atom. The van der Waals surface area contributed by atoms with Crippen LogP contribution in [-0.2, 0) is 6.18 Å². The first kappa shape index (κ1) is 11.2. The van der Waals surface area contributed by atoms with Crippen LogP contribution in [0.3, 0.4) is 0 Å². The molecule has 16 heavy (non-hydrogen) atoms. The predicted molar refractivity (Wildman–Crippen MR) is 51.1 cm³/mol. The van der Waals surface area contributed by atoms with E-state index in [1.807, 2.05) is 5.10 Å². The third-order valence-electron chi connectivity index (χ3n) is 2.37. The van der Waals surface area contributed by atoms with E-state index in [1.165, 1.54) is 0 Å². The van der Waals surface area contributed by atoms with Crippen LogP contribution in [0.2, 0.25) is 0 Å². The highest BCUT2D eigenvalue weighted by Gasteiger charge is 2.35. The Labute approximate surface area is 90.0 Å². The summed E-state index contributed by atoms with van der Waals surface area (Å²) in [7, 11) is 0. The molecule has 1 aromatic rings. The fourth-order valence-corrected chi connectivity index (χ4v) is 1.57. The lowest BCUT2D eigenvalue weighted by Crippen LogP contribution is -2.28. The SMILES string of the molecule is FC(F)(F)c1nc(N2CCCNCC2)n[nH]1. The molecule has 0 saturated carbocycles. The average Bonchev–Trinajstić information content (AvgIpc) is 2.55. The molecule has 0 amide bonds. The minimum absolute atomic E-state index is 0.121. The molecule has 2 rings (SSSR count). The molecule has 0 radical (unpaired) electrons. The van der Waals surface area contributed by atoms with Gasteiger partial charge in [0.05, 0.1) is 0 Å². The normalized spacial score (nSPS) is 18.6. The van der Waals surface area contributed by atoms with E-state index in [4.69, 9.17) is 0 Å². The number of halogens is 3. The molecule has 5 nitrogen and oxygen atoms in total. The molecule has 1 fully saturated rings. The summed E-state index contributed by atoms with van der Waals surface area (Å²) in [6.45, 7) is 2.89. The molecule has 0 spiro atoms. The van der Waals surface area contributed by atoms with Gasteiger partial charge in [-0.2, -0.15) is 18.2 Å². The van der Waals surface area contributed by atoms with Gasteiger partial charge in [-0.05, 0) is 13.0 Å². The van der Waals surface area contributed by atoms with E-state index in [2.05, 4.69) is 15.4 Å². The molecule has 2 N–H and O–H groups in total. The van der Waals surface area contributed by atoms with Crippen molar-refractivity contribution in [2.75, 3.05) is 31.1 Å². The number of aromatic amines is 1. The maximum Gasteiger partial charge on any atom is 0.451 e. The zero-order chi connectivity index (χ0) is 11.6. The first-order valence-electron chi connectivity index (χ1n) is 5.02. The van der Waals surface area contributed by atoms with E-state index in [-0.39, 0.29) is 5.95 Å². The molecule has 1 aliphatic heterocycles. The minimum atomic E-state index is -4.46. The van der Waals surface area contributed by atoms with Gasteiger partial charge in [-0.25, -0.2) is 0 Å². The van der Waals surface area contributed by atoms with Crippen LogP contribution in [-0.4, -0.2) is 41.4 Å².